The third-order valence-corrected chi connectivity index (χ3v) is 7.03. The van der Waals surface area contributed by atoms with Gasteiger partial charge < -0.3 is 15.0 Å². The molecule has 144 valence electrons. The maximum atomic E-state index is 12.3. The number of esters is 1. The molecule has 1 fully saturated rings. The van der Waals surface area contributed by atoms with Crippen LogP contribution in [0.5, 0.6) is 0 Å². The van der Waals surface area contributed by atoms with Crippen LogP contribution in [0.3, 0.4) is 0 Å². The number of hydrogen-bond donors (Lipinski definition) is 2. The first kappa shape index (κ1) is 20.7. The number of benzene rings is 1. The predicted octanol–water partition coefficient (Wildman–Crippen LogP) is -0.951. The summed E-state index contributed by atoms with van der Waals surface area (Å²) in [5, 5.41) is 2.47. The molecule has 26 heavy (non-hydrogen) atoms. The molecule has 2 rings (SSSR count). The maximum absolute atomic E-state index is 12.3. The van der Waals surface area contributed by atoms with Crippen LogP contribution in [0.4, 0.5) is 5.69 Å². The van der Waals surface area contributed by atoms with Crippen molar-refractivity contribution in [2.45, 2.75) is 10.1 Å². The number of rotatable bonds is 6. The zero-order valence-electron chi connectivity index (χ0n) is 15.0. The number of carbonyl (C=O) groups is 2. The van der Waals surface area contributed by atoms with Crippen LogP contribution in [0.2, 0.25) is 0 Å². The highest BCUT2D eigenvalue weighted by molar-refractivity contribution is 8.00. The van der Waals surface area contributed by atoms with Gasteiger partial charge in [0.15, 0.2) is 11.8 Å². The lowest BCUT2D eigenvalue weighted by atomic mass is 10.3. The second-order valence-electron chi connectivity index (χ2n) is 6.13. The lowest BCUT2D eigenvalue weighted by molar-refractivity contribution is -0.889. The largest absolute Gasteiger partial charge is 0.468 e. The van der Waals surface area contributed by atoms with Crippen molar-refractivity contribution in [2.75, 3.05) is 51.9 Å². The van der Waals surface area contributed by atoms with E-state index in [4.69, 9.17) is 4.74 Å². The van der Waals surface area contributed by atoms with Crippen LogP contribution in [0.25, 0.3) is 0 Å². The van der Waals surface area contributed by atoms with Crippen molar-refractivity contribution in [3.05, 3.63) is 24.3 Å². The summed E-state index contributed by atoms with van der Waals surface area (Å²) in [6.45, 7) is 1.51. The highest BCUT2D eigenvalue weighted by Crippen LogP contribution is 2.18. The number of carbonyl (C=O) groups excluding carboxylic acids is 2. The van der Waals surface area contributed by atoms with E-state index in [-0.39, 0.29) is 28.6 Å². The van der Waals surface area contributed by atoms with Crippen LogP contribution >= 0.6 is 11.8 Å². The number of methoxy groups -OCH3 is 1. The molecule has 1 aromatic rings. The summed E-state index contributed by atoms with van der Waals surface area (Å²) >= 11 is 1.54. The second-order valence-corrected chi connectivity index (χ2v) is 9.59. The molecular weight excluding hydrogens is 378 g/mol. The van der Waals surface area contributed by atoms with Crippen molar-refractivity contribution in [1.82, 2.24) is 4.31 Å². The van der Waals surface area contributed by atoms with Crippen LogP contribution in [0.15, 0.2) is 29.2 Å². The SMILES string of the molecule is COC(=O)[C@H]1C[NH+](CC(=O)Nc2cccc(S(=O)(=O)N(C)C)c2)CCS1. The lowest BCUT2D eigenvalue weighted by Gasteiger charge is -2.27. The molecule has 1 unspecified atom stereocenters. The zero-order valence-corrected chi connectivity index (χ0v) is 16.7. The number of quaternary nitrogens is 1. The lowest BCUT2D eigenvalue weighted by Crippen LogP contribution is -3.15. The van der Waals surface area contributed by atoms with Crippen LogP contribution in [-0.4, -0.2) is 76.4 Å². The number of nitrogens with one attached hydrogen (secondary N) is 2. The van der Waals surface area contributed by atoms with Gasteiger partial charge in [0.25, 0.3) is 5.91 Å². The topological polar surface area (TPSA) is 97.2 Å². The van der Waals surface area contributed by atoms with E-state index in [0.717, 1.165) is 21.5 Å². The van der Waals surface area contributed by atoms with E-state index < -0.39 is 10.0 Å². The minimum absolute atomic E-state index is 0.118. The Kier molecular flexibility index (Phi) is 7.04. The molecule has 8 nitrogen and oxygen atoms in total. The maximum Gasteiger partial charge on any atom is 0.324 e. The third-order valence-electron chi connectivity index (χ3n) is 4.02. The Morgan fingerprint density at radius 3 is 2.77 bits per heavy atom. The Bertz CT molecular complexity index is 767. The molecule has 2 atom stereocenters. The molecule has 0 aromatic heterocycles. The molecular formula is C16H24N3O5S2+. The summed E-state index contributed by atoms with van der Waals surface area (Å²) < 4.78 is 30.2. The first-order chi connectivity index (χ1) is 12.2. The number of anilines is 1. The Morgan fingerprint density at radius 1 is 1.38 bits per heavy atom. The minimum Gasteiger partial charge on any atom is -0.468 e. The fourth-order valence-corrected chi connectivity index (χ4v) is 4.81. The van der Waals surface area contributed by atoms with E-state index in [2.05, 4.69) is 5.32 Å². The Balaban J connectivity index is 1.99. The Labute approximate surface area is 157 Å². The van der Waals surface area contributed by atoms with Gasteiger partial charge in [0, 0.05) is 25.5 Å². The van der Waals surface area contributed by atoms with Gasteiger partial charge in [-0.2, -0.15) is 0 Å². The standard InChI is InChI=1S/C16H23N3O5S2/c1-18(2)26(22,23)13-6-4-5-12(9-13)17-15(20)11-19-7-8-25-14(10-19)16(21)24-3/h4-6,9,14H,7-8,10-11H2,1-3H3,(H,17,20)/p+1/t14-/m1/s1. The third kappa shape index (κ3) is 5.19. The number of thioether (sulfide) groups is 1. The van der Waals surface area contributed by atoms with E-state index in [1.165, 1.54) is 45.1 Å². The summed E-state index contributed by atoms with van der Waals surface area (Å²) in [6.07, 6.45) is 0. The van der Waals surface area contributed by atoms with Crippen molar-refractivity contribution >= 4 is 39.3 Å². The van der Waals surface area contributed by atoms with Gasteiger partial charge in [-0.25, -0.2) is 12.7 Å². The van der Waals surface area contributed by atoms with Gasteiger partial charge in [-0.05, 0) is 18.2 Å². The van der Waals surface area contributed by atoms with Crippen molar-refractivity contribution < 1.29 is 27.6 Å². The van der Waals surface area contributed by atoms with Crippen LogP contribution < -0.4 is 10.2 Å². The highest BCUT2D eigenvalue weighted by Gasteiger charge is 2.31. The number of sulfonamides is 1. The minimum atomic E-state index is -3.56. The van der Waals surface area contributed by atoms with Gasteiger partial charge in [-0.3, -0.25) is 9.59 Å². The van der Waals surface area contributed by atoms with Crippen molar-refractivity contribution in [2.24, 2.45) is 0 Å². The van der Waals surface area contributed by atoms with Crippen molar-refractivity contribution in [1.29, 1.82) is 0 Å². The molecule has 1 aromatic carbocycles. The summed E-state index contributed by atoms with van der Waals surface area (Å²) in [5.41, 5.74) is 0.424. The number of amides is 1. The van der Waals surface area contributed by atoms with Crippen molar-refractivity contribution in [3.8, 4) is 0 Å². The molecule has 1 saturated heterocycles. The van der Waals surface area contributed by atoms with E-state index in [1.807, 2.05) is 0 Å². The summed E-state index contributed by atoms with van der Waals surface area (Å²) in [5.74, 6) is 0.281. The highest BCUT2D eigenvalue weighted by atomic mass is 32.2. The van der Waals surface area contributed by atoms with Gasteiger partial charge in [-0.15, -0.1) is 11.8 Å². The zero-order chi connectivity index (χ0) is 19.3. The molecule has 2 N–H and O–H groups in total. The molecule has 10 heteroatoms. The molecule has 1 heterocycles. The fourth-order valence-electron chi connectivity index (χ4n) is 2.59. The number of ether oxygens (including phenoxy) is 1. The molecule has 1 aliphatic heterocycles. The van der Waals surface area contributed by atoms with E-state index in [1.54, 1.807) is 12.1 Å². The molecule has 1 amide bonds. The number of nitrogens with zero attached hydrogens (tertiary/aromatic N) is 1. The Morgan fingerprint density at radius 2 is 2.12 bits per heavy atom. The summed E-state index contributed by atoms with van der Waals surface area (Å²) in [6, 6.07) is 6.15. The molecule has 0 spiro atoms. The van der Waals surface area contributed by atoms with Crippen LogP contribution in [0.1, 0.15) is 0 Å². The van der Waals surface area contributed by atoms with Gasteiger partial charge in [0.2, 0.25) is 10.0 Å². The van der Waals surface area contributed by atoms with Gasteiger partial charge in [0.05, 0.1) is 18.6 Å². The van der Waals surface area contributed by atoms with E-state index in [9.17, 15) is 18.0 Å². The quantitative estimate of drug-likeness (QED) is 0.596. The van der Waals surface area contributed by atoms with Gasteiger partial charge in [-0.1, -0.05) is 6.07 Å². The van der Waals surface area contributed by atoms with Crippen LogP contribution in [-0.2, 0) is 24.3 Å². The van der Waals surface area contributed by atoms with Gasteiger partial charge >= 0.3 is 5.97 Å². The average Bonchev–Trinajstić information content (AvgIpc) is 2.61. The van der Waals surface area contributed by atoms with E-state index >= 15 is 0 Å². The predicted molar refractivity (Wildman–Crippen MR) is 99.8 cm³/mol. The average molecular weight is 403 g/mol. The first-order valence-electron chi connectivity index (χ1n) is 8.09. The Hall–Kier alpha value is -1.62. The first-order valence-corrected chi connectivity index (χ1v) is 10.6. The molecule has 0 bridgehead atoms. The van der Waals surface area contributed by atoms with Gasteiger partial charge in [0.1, 0.15) is 6.54 Å². The molecule has 0 aliphatic carbocycles. The monoisotopic (exact) mass is 402 g/mol. The van der Waals surface area contributed by atoms with Crippen molar-refractivity contribution in [3.63, 3.8) is 0 Å². The summed E-state index contributed by atoms with van der Waals surface area (Å²) in [7, 11) is 0.709. The second kappa shape index (κ2) is 8.85. The summed E-state index contributed by atoms with van der Waals surface area (Å²) in [4.78, 5) is 25.1. The van der Waals surface area contributed by atoms with E-state index in [0.29, 0.717) is 12.2 Å². The number of hydrogen-bond acceptors (Lipinski definition) is 6. The normalized spacial score (nSPS) is 20.6. The molecule has 0 saturated carbocycles. The van der Waals surface area contributed by atoms with Crippen LogP contribution in [0, 0.1) is 0 Å². The molecule has 1 aliphatic rings. The smallest absolute Gasteiger partial charge is 0.324 e. The molecule has 0 radical (unpaired) electrons. The fraction of sp³-hybridized carbons (Fsp3) is 0.500.